The number of piperidine rings is 1. The molecule has 0 saturated carbocycles. The molecule has 2 aromatic rings. The molecule has 1 saturated heterocycles. The van der Waals surface area contributed by atoms with E-state index in [0.29, 0.717) is 0 Å². The predicted molar refractivity (Wildman–Crippen MR) is 104 cm³/mol. The highest BCUT2D eigenvalue weighted by Crippen LogP contribution is 2.18. The topological polar surface area (TPSA) is 36.5 Å². The smallest absolute Gasteiger partial charge is 0.123 e. The Bertz CT molecular complexity index is 612. The number of hydrazine groups is 1. The Morgan fingerprint density at radius 2 is 1.64 bits per heavy atom. The molecule has 0 spiro atoms. The zero-order chi connectivity index (χ0) is 17.2. The molecule has 25 heavy (non-hydrogen) atoms. The van der Waals surface area contributed by atoms with Gasteiger partial charge in [-0.15, -0.1) is 0 Å². The van der Waals surface area contributed by atoms with Gasteiger partial charge in [-0.05, 0) is 50.6 Å². The lowest BCUT2D eigenvalue weighted by Gasteiger charge is -2.26. The Morgan fingerprint density at radius 3 is 2.48 bits per heavy atom. The van der Waals surface area contributed by atoms with Gasteiger partial charge in [0.2, 0.25) is 0 Å². The van der Waals surface area contributed by atoms with Crippen LogP contribution in [-0.2, 0) is 6.54 Å². The number of anilines is 1. The summed E-state index contributed by atoms with van der Waals surface area (Å²) in [5, 5.41) is 0. The molecule has 0 bridgehead atoms. The van der Waals surface area contributed by atoms with Crippen LogP contribution in [0.3, 0.4) is 0 Å². The Hall–Kier alpha value is -2.04. The number of ether oxygens (including phenoxy) is 1. The summed E-state index contributed by atoms with van der Waals surface area (Å²) < 4.78 is 6.04. The minimum absolute atomic E-state index is 0.719. The molecule has 0 atom stereocenters. The highest BCUT2D eigenvalue weighted by molar-refractivity contribution is 5.41. The fraction of sp³-hybridized carbons (Fsp3) is 0.429. The van der Waals surface area contributed by atoms with Gasteiger partial charge < -0.3 is 15.1 Å². The van der Waals surface area contributed by atoms with Crippen molar-refractivity contribution in [2.75, 3.05) is 31.7 Å². The second-order valence-corrected chi connectivity index (χ2v) is 6.56. The molecule has 0 aliphatic carbocycles. The monoisotopic (exact) mass is 339 g/mol. The van der Waals surface area contributed by atoms with Crippen molar-refractivity contribution in [3.63, 3.8) is 0 Å². The van der Waals surface area contributed by atoms with Crippen LogP contribution in [0.1, 0.15) is 31.2 Å². The summed E-state index contributed by atoms with van der Waals surface area (Å²) in [6.07, 6.45) is 5.18. The van der Waals surface area contributed by atoms with Crippen LogP contribution in [-0.4, -0.2) is 31.1 Å². The summed E-state index contributed by atoms with van der Waals surface area (Å²) in [7, 11) is 0. The fourth-order valence-electron chi connectivity index (χ4n) is 3.21. The maximum Gasteiger partial charge on any atom is 0.123 e. The van der Waals surface area contributed by atoms with Crippen molar-refractivity contribution in [1.82, 2.24) is 10.3 Å². The van der Waals surface area contributed by atoms with Gasteiger partial charge in [0.1, 0.15) is 5.75 Å². The molecule has 2 aromatic carbocycles. The minimum Gasteiger partial charge on any atom is -0.493 e. The summed E-state index contributed by atoms with van der Waals surface area (Å²) in [4.78, 5) is 2.56. The molecule has 0 radical (unpaired) electrons. The quantitative estimate of drug-likeness (QED) is 0.534. The molecule has 1 heterocycles. The first-order chi connectivity index (χ1) is 12.4. The molecule has 4 nitrogen and oxygen atoms in total. The highest BCUT2D eigenvalue weighted by Gasteiger charge is 2.09. The molecule has 134 valence electrons. The highest BCUT2D eigenvalue weighted by atomic mass is 16.5. The molecular formula is C21H29N3O. The van der Waals surface area contributed by atoms with Crippen molar-refractivity contribution in [3.8, 4) is 5.75 Å². The Kier molecular flexibility index (Phi) is 7.16. The van der Waals surface area contributed by atoms with Crippen molar-refractivity contribution >= 4 is 5.69 Å². The van der Waals surface area contributed by atoms with Crippen LogP contribution in [0.2, 0.25) is 0 Å². The van der Waals surface area contributed by atoms with E-state index in [1.807, 2.05) is 36.4 Å². The Morgan fingerprint density at radius 1 is 0.880 bits per heavy atom. The standard InChI is InChI=1S/C21H29N3O/c1-3-11-20(12-4-1)23-22-18-19-10-5-6-13-21(19)25-17-9-16-24-14-7-2-8-15-24/h1,3-6,10-13,22-23H,2,7-9,14-18H2. The lowest BCUT2D eigenvalue weighted by molar-refractivity contribution is 0.204. The zero-order valence-corrected chi connectivity index (χ0v) is 14.9. The number of nitrogens with zero attached hydrogens (tertiary/aromatic N) is 1. The van der Waals surface area contributed by atoms with Crippen LogP contribution >= 0.6 is 0 Å². The summed E-state index contributed by atoms with van der Waals surface area (Å²) in [5.41, 5.74) is 8.71. The Balaban J connectivity index is 1.40. The summed E-state index contributed by atoms with van der Waals surface area (Å²) in [6.45, 7) is 5.16. The second-order valence-electron chi connectivity index (χ2n) is 6.56. The first-order valence-corrected chi connectivity index (χ1v) is 9.39. The van der Waals surface area contributed by atoms with Crippen LogP contribution in [0, 0.1) is 0 Å². The fourth-order valence-corrected chi connectivity index (χ4v) is 3.21. The maximum absolute atomic E-state index is 6.04. The van der Waals surface area contributed by atoms with Crippen molar-refractivity contribution in [2.45, 2.75) is 32.2 Å². The van der Waals surface area contributed by atoms with E-state index < -0.39 is 0 Å². The summed E-state index contributed by atoms with van der Waals surface area (Å²) in [5.74, 6) is 0.975. The zero-order valence-electron chi connectivity index (χ0n) is 14.9. The molecule has 0 amide bonds. The van der Waals surface area contributed by atoms with Gasteiger partial charge in [-0.25, -0.2) is 5.43 Å². The van der Waals surface area contributed by atoms with E-state index >= 15 is 0 Å². The third kappa shape index (κ3) is 6.07. The average Bonchev–Trinajstić information content (AvgIpc) is 2.68. The van der Waals surface area contributed by atoms with Crippen molar-refractivity contribution in [3.05, 3.63) is 60.2 Å². The SMILES string of the molecule is c1ccc(NNCc2ccccc2OCCCN2CCCCC2)cc1. The average molecular weight is 339 g/mol. The van der Waals surface area contributed by atoms with Crippen molar-refractivity contribution in [1.29, 1.82) is 0 Å². The Labute approximate surface area is 151 Å². The largest absolute Gasteiger partial charge is 0.493 e. The minimum atomic E-state index is 0.719. The van der Waals surface area contributed by atoms with Gasteiger partial charge in [-0.1, -0.05) is 42.8 Å². The molecule has 0 unspecified atom stereocenters. The number of hydrogen-bond donors (Lipinski definition) is 2. The van der Waals surface area contributed by atoms with Gasteiger partial charge in [-0.3, -0.25) is 0 Å². The summed E-state index contributed by atoms with van der Waals surface area (Å²) in [6, 6.07) is 18.4. The maximum atomic E-state index is 6.04. The first kappa shape index (κ1) is 17.8. The third-order valence-electron chi connectivity index (χ3n) is 4.58. The molecule has 1 aliphatic heterocycles. The number of para-hydroxylation sites is 2. The van der Waals surface area contributed by atoms with E-state index in [2.05, 4.69) is 34.0 Å². The van der Waals surface area contributed by atoms with Gasteiger partial charge in [0.15, 0.2) is 0 Å². The molecule has 3 rings (SSSR count). The van der Waals surface area contributed by atoms with Crippen LogP contribution in [0.15, 0.2) is 54.6 Å². The number of likely N-dealkylation sites (tertiary alicyclic amines) is 1. The van der Waals surface area contributed by atoms with Crippen LogP contribution in [0.5, 0.6) is 5.75 Å². The van der Waals surface area contributed by atoms with Crippen molar-refractivity contribution < 1.29 is 4.74 Å². The van der Waals surface area contributed by atoms with E-state index in [9.17, 15) is 0 Å². The molecule has 0 aromatic heterocycles. The van der Waals surface area contributed by atoms with Crippen LogP contribution in [0.4, 0.5) is 5.69 Å². The number of nitrogens with one attached hydrogen (secondary N) is 2. The molecule has 4 heteroatoms. The first-order valence-electron chi connectivity index (χ1n) is 9.39. The van der Waals surface area contributed by atoms with Gasteiger partial charge >= 0.3 is 0 Å². The van der Waals surface area contributed by atoms with E-state index in [-0.39, 0.29) is 0 Å². The van der Waals surface area contributed by atoms with Crippen LogP contribution in [0.25, 0.3) is 0 Å². The lowest BCUT2D eigenvalue weighted by Crippen LogP contribution is -2.31. The van der Waals surface area contributed by atoms with E-state index in [1.165, 1.54) is 37.9 Å². The van der Waals surface area contributed by atoms with Crippen molar-refractivity contribution in [2.24, 2.45) is 0 Å². The summed E-state index contributed by atoms with van der Waals surface area (Å²) >= 11 is 0. The second kappa shape index (κ2) is 10.1. The van der Waals surface area contributed by atoms with E-state index in [4.69, 9.17) is 4.74 Å². The lowest BCUT2D eigenvalue weighted by atomic mass is 10.1. The molecule has 1 fully saturated rings. The number of benzene rings is 2. The molecule has 1 aliphatic rings. The van der Waals surface area contributed by atoms with Crippen LogP contribution < -0.4 is 15.6 Å². The normalized spacial score (nSPS) is 15.0. The molecular weight excluding hydrogens is 310 g/mol. The predicted octanol–water partition coefficient (Wildman–Crippen LogP) is 4.06. The third-order valence-corrected chi connectivity index (χ3v) is 4.58. The van der Waals surface area contributed by atoms with Gasteiger partial charge in [0, 0.05) is 24.3 Å². The van der Waals surface area contributed by atoms with E-state index in [1.54, 1.807) is 0 Å². The number of rotatable bonds is 9. The number of hydrogen-bond acceptors (Lipinski definition) is 4. The van der Waals surface area contributed by atoms with E-state index in [0.717, 1.165) is 37.6 Å². The molecule has 2 N–H and O–H groups in total. The van der Waals surface area contributed by atoms with Gasteiger partial charge in [0.25, 0.3) is 0 Å². The van der Waals surface area contributed by atoms with Gasteiger partial charge in [0.05, 0.1) is 6.61 Å². The van der Waals surface area contributed by atoms with Gasteiger partial charge in [-0.2, -0.15) is 0 Å².